The number of aromatic nitrogens is 2. The molecule has 0 saturated carbocycles. The van der Waals surface area contributed by atoms with E-state index in [-0.39, 0.29) is 0 Å². The highest BCUT2D eigenvalue weighted by molar-refractivity contribution is 5.11. The van der Waals surface area contributed by atoms with Gasteiger partial charge in [-0.3, -0.25) is 0 Å². The smallest absolute Gasteiger partial charge is 0.142 e. The van der Waals surface area contributed by atoms with Crippen LogP contribution in [0.25, 0.3) is 0 Å². The molecule has 0 N–H and O–H groups in total. The molecule has 0 aromatic carbocycles. The van der Waals surface area contributed by atoms with Crippen LogP contribution in [0, 0.1) is 11.3 Å². The summed E-state index contributed by atoms with van der Waals surface area (Å²) >= 11 is 0. The average Bonchev–Trinajstić information content (AvgIpc) is 2.30. The SMILES string of the molecule is CN1CCCC(c2ccnc(CC#N)n2)C1. The Morgan fingerprint density at radius 1 is 1.62 bits per heavy atom. The fourth-order valence-corrected chi connectivity index (χ4v) is 2.21. The van der Waals surface area contributed by atoms with E-state index in [2.05, 4.69) is 28.0 Å². The van der Waals surface area contributed by atoms with Crippen LogP contribution in [-0.2, 0) is 6.42 Å². The Kier molecular flexibility index (Phi) is 3.47. The van der Waals surface area contributed by atoms with E-state index in [1.807, 2.05) is 6.07 Å². The van der Waals surface area contributed by atoms with Crippen LogP contribution >= 0.6 is 0 Å². The largest absolute Gasteiger partial charge is 0.306 e. The van der Waals surface area contributed by atoms with Crippen molar-refractivity contribution in [3.05, 3.63) is 23.8 Å². The fraction of sp³-hybridized carbons (Fsp3) is 0.583. The van der Waals surface area contributed by atoms with Gasteiger partial charge in [-0.25, -0.2) is 9.97 Å². The molecule has 0 aliphatic carbocycles. The number of likely N-dealkylation sites (tertiary alicyclic amines) is 1. The van der Waals surface area contributed by atoms with Gasteiger partial charge in [-0.15, -0.1) is 0 Å². The lowest BCUT2D eigenvalue weighted by Crippen LogP contribution is -2.31. The van der Waals surface area contributed by atoms with Crippen LogP contribution in [0.2, 0.25) is 0 Å². The van der Waals surface area contributed by atoms with Gasteiger partial charge in [-0.1, -0.05) is 0 Å². The van der Waals surface area contributed by atoms with Gasteiger partial charge in [0.2, 0.25) is 0 Å². The number of likely N-dealkylation sites (N-methyl/N-ethyl adjacent to an activating group) is 1. The first-order chi connectivity index (χ1) is 7.79. The molecule has 1 saturated heterocycles. The minimum absolute atomic E-state index is 0.302. The molecule has 1 aliphatic rings. The number of nitriles is 1. The maximum Gasteiger partial charge on any atom is 0.142 e. The third-order valence-corrected chi connectivity index (χ3v) is 3.01. The van der Waals surface area contributed by atoms with E-state index >= 15 is 0 Å². The van der Waals surface area contributed by atoms with E-state index in [9.17, 15) is 0 Å². The van der Waals surface area contributed by atoms with Gasteiger partial charge in [-0.05, 0) is 32.5 Å². The molecule has 1 atom stereocenters. The number of nitrogens with zero attached hydrogens (tertiary/aromatic N) is 4. The number of hydrogen-bond donors (Lipinski definition) is 0. The van der Waals surface area contributed by atoms with E-state index in [0.29, 0.717) is 18.2 Å². The third-order valence-electron chi connectivity index (χ3n) is 3.01. The summed E-state index contributed by atoms with van der Waals surface area (Å²) in [5, 5.41) is 8.62. The standard InChI is InChI=1S/C12H16N4/c1-16-8-2-3-10(9-16)11-5-7-14-12(15-11)4-6-13/h5,7,10H,2-4,8-9H2,1H3. The Morgan fingerprint density at radius 3 is 3.25 bits per heavy atom. The Labute approximate surface area is 95.9 Å². The lowest BCUT2D eigenvalue weighted by atomic mass is 9.95. The fourth-order valence-electron chi connectivity index (χ4n) is 2.21. The second-order valence-corrected chi connectivity index (χ2v) is 4.33. The van der Waals surface area contributed by atoms with Gasteiger partial charge in [0.25, 0.3) is 0 Å². The molecule has 1 aliphatic heterocycles. The molecule has 0 spiro atoms. The van der Waals surface area contributed by atoms with Crippen molar-refractivity contribution in [1.82, 2.24) is 14.9 Å². The van der Waals surface area contributed by atoms with Crippen molar-refractivity contribution < 1.29 is 0 Å². The van der Waals surface area contributed by atoms with Crippen molar-refractivity contribution in [2.45, 2.75) is 25.2 Å². The Morgan fingerprint density at radius 2 is 2.50 bits per heavy atom. The Bertz CT molecular complexity index is 396. The van der Waals surface area contributed by atoms with Gasteiger partial charge in [-0.2, -0.15) is 5.26 Å². The molecule has 0 bridgehead atoms. The van der Waals surface area contributed by atoms with E-state index in [1.165, 1.54) is 19.4 Å². The maximum atomic E-state index is 8.62. The third kappa shape index (κ3) is 2.56. The van der Waals surface area contributed by atoms with Crippen molar-refractivity contribution in [3.8, 4) is 6.07 Å². The zero-order valence-electron chi connectivity index (χ0n) is 9.56. The van der Waals surface area contributed by atoms with Gasteiger partial charge < -0.3 is 4.90 Å². The topological polar surface area (TPSA) is 52.8 Å². The second-order valence-electron chi connectivity index (χ2n) is 4.33. The van der Waals surface area contributed by atoms with Crippen molar-refractivity contribution >= 4 is 0 Å². The summed E-state index contributed by atoms with van der Waals surface area (Å²) < 4.78 is 0. The Hall–Kier alpha value is -1.47. The molecular weight excluding hydrogens is 200 g/mol. The van der Waals surface area contributed by atoms with Crippen LogP contribution in [0.15, 0.2) is 12.3 Å². The van der Waals surface area contributed by atoms with E-state index < -0.39 is 0 Å². The molecule has 0 radical (unpaired) electrons. The summed E-state index contributed by atoms with van der Waals surface area (Å²) in [6.07, 6.45) is 4.48. The van der Waals surface area contributed by atoms with Crippen LogP contribution in [0.4, 0.5) is 0 Å². The molecule has 4 nitrogen and oxygen atoms in total. The highest BCUT2D eigenvalue weighted by Gasteiger charge is 2.20. The molecule has 0 amide bonds. The van der Waals surface area contributed by atoms with E-state index in [0.717, 1.165) is 12.2 Å². The van der Waals surface area contributed by atoms with Crippen molar-refractivity contribution in [3.63, 3.8) is 0 Å². The zero-order valence-corrected chi connectivity index (χ0v) is 9.56. The van der Waals surface area contributed by atoms with Crippen LogP contribution in [-0.4, -0.2) is 35.0 Å². The molecule has 1 unspecified atom stereocenters. The summed E-state index contributed by atoms with van der Waals surface area (Å²) in [4.78, 5) is 10.9. The molecule has 16 heavy (non-hydrogen) atoms. The molecular formula is C12H16N4. The van der Waals surface area contributed by atoms with Crippen molar-refractivity contribution in [2.75, 3.05) is 20.1 Å². The molecule has 1 aromatic heterocycles. The van der Waals surface area contributed by atoms with Crippen LogP contribution < -0.4 is 0 Å². The quantitative estimate of drug-likeness (QED) is 0.749. The van der Waals surface area contributed by atoms with E-state index in [1.54, 1.807) is 6.20 Å². The van der Waals surface area contributed by atoms with Gasteiger partial charge in [0, 0.05) is 24.4 Å². The normalized spacial score (nSPS) is 21.6. The average molecular weight is 216 g/mol. The lowest BCUT2D eigenvalue weighted by Gasteiger charge is -2.29. The summed E-state index contributed by atoms with van der Waals surface area (Å²) in [7, 11) is 2.14. The van der Waals surface area contributed by atoms with Crippen molar-refractivity contribution in [2.24, 2.45) is 0 Å². The second kappa shape index (κ2) is 5.04. The Balaban J connectivity index is 2.13. The van der Waals surface area contributed by atoms with Gasteiger partial charge in [0.05, 0.1) is 12.5 Å². The summed E-state index contributed by atoms with van der Waals surface area (Å²) in [5.41, 5.74) is 1.09. The first-order valence-corrected chi connectivity index (χ1v) is 5.67. The number of hydrogen-bond acceptors (Lipinski definition) is 4. The predicted octanol–water partition coefficient (Wildman–Crippen LogP) is 1.35. The molecule has 1 aromatic rings. The highest BCUT2D eigenvalue weighted by Crippen LogP contribution is 2.24. The predicted molar refractivity (Wildman–Crippen MR) is 60.8 cm³/mol. The molecule has 4 heteroatoms. The minimum Gasteiger partial charge on any atom is -0.306 e. The van der Waals surface area contributed by atoms with Gasteiger partial charge in [0.15, 0.2) is 0 Å². The first-order valence-electron chi connectivity index (χ1n) is 5.67. The first kappa shape index (κ1) is 11.0. The molecule has 84 valence electrons. The van der Waals surface area contributed by atoms with E-state index in [4.69, 9.17) is 5.26 Å². The minimum atomic E-state index is 0.302. The summed E-state index contributed by atoms with van der Waals surface area (Å²) in [5.74, 6) is 1.15. The van der Waals surface area contributed by atoms with Gasteiger partial charge in [0.1, 0.15) is 5.82 Å². The maximum absolute atomic E-state index is 8.62. The number of rotatable bonds is 2. The molecule has 2 heterocycles. The van der Waals surface area contributed by atoms with Crippen molar-refractivity contribution in [1.29, 1.82) is 5.26 Å². The summed E-state index contributed by atoms with van der Waals surface area (Å²) in [6, 6.07) is 4.06. The number of piperidine rings is 1. The monoisotopic (exact) mass is 216 g/mol. The molecule has 1 fully saturated rings. The summed E-state index contributed by atoms with van der Waals surface area (Å²) in [6.45, 7) is 2.23. The highest BCUT2D eigenvalue weighted by atomic mass is 15.1. The van der Waals surface area contributed by atoms with Crippen LogP contribution in [0.3, 0.4) is 0 Å². The van der Waals surface area contributed by atoms with Crippen LogP contribution in [0.1, 0.15) is 30.3 Å². The van der Waals surface area contributed by atoms with Gasteiger partial charge >= 0.3 is 0 Å². The zero-order chi connectivity index (χ0) is 11.4. The molecule has 2 rings (SSSR count). The lowest BCUT2D eigenvalue weighted by molar-refractivity contribution is 0.248. The van der Waals surface area contributed by atoms with Crippen LogP contribution in [0.5, 0.6) is 0 Å².